The first-order chi connectivity index (χ1) is 40.9. The normalized spacial score (nSPS) is 12.9. The summed E-state index contributed by atoms with van der Waals surface area (Å²) in [7, 11) is 0. The van der Waals surface area contributed by atoms with Crippen LogP contribution in [-0.2, 0) is 5.41 Å². The summed E-state index contributed by atoms with van der Waals surface area (Å²) in [4.78, 5) is 5.25. The van der Waals surface area contributed by atoms with Crippen LogP contribution in [0.1, 0.15) is 26.3 Å². The van der Waals surface area contributed by atoms with Gasteiger partial charge in [-0.05, 0) is 110 Å². The first-order valence-corrected chi connectivity index (χ1v) is 29.0. The van der Waals surface area contributed by atoms with Crippen molar-refractivity contribution in [1.82, 2.24) is 9.13 Å². The molecule has 0 aliphatic carbocycles. The molecular weight excluding hydrogens is 1000 g/mol. The van der Waals surface area contributed by atoms with Gasteiger partial charge in [0.25, 0.3) is 6.71 Å². The zero-order valence-corrected chi connectivity index (χ0v) is 46.4. The molecule has 2 aliphatic heterocycles. The van der Waals surface area contributed by atoms with Crippen molar-refractivity contribution in [2.75, 3.05) is 9.80 Å². The number of aromatic nitrogens is 2. The van der Waals surface area contributed by atoms with E-state index in [9.17, 15) is 0 Å². The van der Waals surface area contributed by atoms with Gasteiger partial charge in [-0.1, -0.05) is 239 Å². The van der Waals surface area contributed by atoms with Gasteiger partial charge in [-0.3, -0.25) is 0 Å². The third-order valence-electron chi connectivity index (χ3n) is 18.0. The van der Waals surface area contributed by atoms with Crippen LogP contribution in [0, 0.1) is 0 Å². The lowest BCUT2D eigenvalue weighted by atomic mass is 9.33. The molecule has 83 heavy (non-hydrogen) atoms. The van der Waals surface area contributed by atoms with E-state index in [0.717, 1.165) is 34.1 Å². The van der Waals surface area contributed by atoms with Gasteiger partial charge in [0.1, 0.15) is 0 Å². The van der Waals surface area contributed by atoms with E-state index in [1.807, 2.05) is 0 Å². The Balaban J connectivity index is 1.01. The predicted molar refractivity (Wildman–Crippen MR) is 354 cm³/mol. The van der Waals surface area contributed by atoms with Crippen molar-refractivity contribution in [2.45, 2.75) is 26.2 Å². The van der Waals surface area contributed by atoms with Gasteiger partial charge in [0.15, 0.2) is 0 Å². The van der Waals surface area contributed by atoms with E-state index in [0.29, 0.717) is 0 Å². The van der Waals surface area contributed by atoms with Crippen LogP contribution in [-0.4, -0.2) is 15.8 Å². The van der Waals surface area contributed by atoms with E-state index in [2.05, 4.69) is 319 Å². The molecule has 390 valence electrons. The molecule has 0 saturated carbocycles. The Bertz CT molecular complexity index is 4850. The highest BCUT2D eigenvalue weighted by Crippen LogP contribution is 2.51. The predicted octanol–water partition coefficient (Wildman–Crippen LogP) is 18.9. The second-order valence-electron chi connectivity index (χ2n) is 23.6. The molecule has 0 atom stereocenters. The summed E-state index contributed by atoms with van der Waals surface area (Å²) >= 11 is 0. The lowest BCUT2D eigenvalue weighted by Crippen LogP contribution is -2.61. The lowest BCUT2D eigenvalue weighted by molar-refractivity contribution is 0.590. The fourth-order valence-corrected chi connectivity index (χ4v) is 14.3. The van der Waals surface area contributed by atoms with Crippen LogP contribution < -0.4 is 26.2 Å². The lowest BCUT2D eigenvalue weighted by Gasteiger charge is -2.46. The van der Waals surface area contributed by atoms with Crippen LogP contribution in [0.3, 0.4) is 0 Å². The highest BCUT2D eigenvalue weighted by atomic mass is 15.2. The number of hydrogen-bond acceptors (Lipinski definition) is 2. The van der Waals surface area contributed by atoms with E-state index in [1.165, 1.54) is 121 Å². The van der Waals surface area contributed by atoms with E-state index >= 15 is 0 Å². The van der Waals surface area contributed by atoms with E-state index in [-0.39, 0.29) is 12.1 Å². The zero-order chi connectivity index (χ0) is 55.1. The van der Waals surface area contributed by atoms with Gasteiger partial charge < -0.3 is 18.9 Å². The maximum atomic E-state index is 2.63. The first kappa shape index (κ1) is 47.5. The van der Waals surface area contributed by atoms with Gasteiger partial charge >= 0.3 is 0 Å². The molecule has 0 unspecified atom stereocenters. The second-order valence-corrected chi connectivity index (χ2v) is 23.6. The van der Waals surface area contributed by atoms with Crippen LogP contribution in [0.25, 0.3) is 98.8 Å². The molecule has 0 bridgehead atoms. The summed E-state index contributed by atoms with van der Waals surface area (Å²) in [5.74, 6) is 0. The topological polar surface area (TPSA) is 16.3 Å². The molecule has 4 nitrogen and oxygen atoms in total. The minimum atomic E-state index is -0.228. The van der Waals surface area contributed by atoms with Crippen molar-refractivity contribution >= 4 is 122 Å². The number of para-hydroxylation sites is 4. The molecule has 0 N–H and O–H groups in total. The van der Waals surface area contributed by atoms with Crippen LogP contribution in [0.4, 0.5) is 34.1 Å². The zero-order valence-electron chi connectivity index (χ0n) is 46.4. The molecule has 0 spiro atoms. The average Bonchev–Trinajstić information content (AvgIpc) is 1.45. The molecule has 15 aromatic rings. The number of rotatable bonds is 6. The number of anilines is 6. The number of hydrogen-bond donors (Lipinski definition) is 0. The van der Waals surface area contributed by atoms with Crippen molar-refractivity contribution < 1.29 is 0 Å². The quantitative estimate of drug-likeness (QED) is 0.154. The van der Waals surface area contributed by atoms with Gasteiger partial charge in [-0.2, -0.15) is 0 Å². The Labute approximate surface area is 483 Å². The summed E-state index contributed by atoms with van der Waals surface area (Å²) in [6, 6.07) is 105. The second kappa shape index (κ2) is 18.1. The molecule has 5 heteroatoms. The summed E-state index contributed by atoms with van der Waals surface area (Å²) < 4.78 is 5.06. The minimum absolute atomic E-state index is 0.139. The maximum absolute atomic E-state index is 2.63. The van der Waals surface area contributed by atoms with Crippen molar-refractivity contribution in [3.63, 3.8) is 0 Å². The van der Waals surface area contributed by atoms with E-state index in [1.54, 1.807) is 0 Å². The molecule has 2 aromatic heterocycles. The SMILES string of the molecule is CC(C)(C)c1cc2c3c(c1)N(c1ccccc1-c1ccccc1)c1cc(-n4c5ccccc5c5ccc6ccccc6c54)ccc1B3c1ccc(-n3c4ccccc4c4ccc5ccccc5c43)cc1N2c1ccccc1-c1ccccc1. The Kier molecular flexibility index (Phi) is 10.3. The summed E-state index contributed by atoms with van der Waals surface area (Å²) in [5, 5.41) is 9.90. The number of fused-ring (bicyclic) bond motifs is 14. The van der Waals surface area contributed by atoms with Gasteiger partial charge in [-0.25, -0.2) is 0 Å². The molecule has 4 heterocycles. The van der Waals surface area contributed by atoms with Gasteiger partial charge in [0.2, 0.25) is 0 Å². The fourth-order valence-electron chi connectivity index (χ4n) is 14.3. The van der Waals surface area contributed by atoms with Gasteiger partial charge in [-0.15, -0.1) is 0 Å². The maximum Gasteiger partial charge on any atom is 0.252 e. The highest BCUT2D eigenvalue weighted by Gasteiger charge is 2.45. The van der Waals surface area contributed by atoms with E-state index < -0.39 is 0 Å². The van der Waals surface area contributed by atoms with Gasteiger partial charge in [0, 0.05) is 77.6 Å². The monoisotopic (exact) mass is 1060 g/mol. The number of nitrogens with zero attached hydrogens (tertiary/aromatic N) is 4. The summed E-state index contributed by atoms with van der Waals surface area (Å²) in [6.07, 6.45) is 0. The van der Waals surface area contributed by atoms with Crippen LogP contribution in [0.2, 0.25) is 0 Å². The van der Waals surface area contributed by atoms with Crippen molar-refractivity contribution in [3.8, 4) is 33.6 Å². The van der Waals surface area contributed by atoms with Crippen LogP contribution in [0.15, 0.2) is 279 Å². The summed E-state index contributed by atoms with van der Waals surface area (Å²) in [5.41, 5.74) is 23.5. The van der Waals surface area contributed by atoms with Crippen molar-refractivity contribution in [1.29, 1.82) is 0 Å². The Hall–Kier alpha value is -10.4. The third kappa shape index (κ3) is 7.07. The fraction of sp³-hybridized carbons (Fsp3) is 0.0513. The first-order valence-electron chi connectivity index (χ1n) is 29.0. The molecule has 2 aliphatic rings. The molecule has 13 aromatic carbocycles. The van der Waals surface area contributed by atoms with Crippen LogP contribution >= 0.6 is 0 Å². The Morgan fingerprint density at radius 3 is 1.16 bits per heavy atom. The molecule has 0 fully saturated rings. The Morgan fingerprint density at radius 1 is 0.301 bits per heavy atom. The molecule has 0 saturated heterocycles. The number of benzene rings is 13. The Morgan fingerprint density at radius 2 is 0.699 bits per heavy atom. The summed E-state index contributed by atoms with van der Waals surface area (Å²) in [6.45, 7) is 6.96. The van der Waals surface area contributed by atoms with Crippen LogP contribution in [0.5, 0.6) is 0 Å². The van der Waals surface area contributed by atoms with Crippen molar-refractivity contribution in [3.05, 3.63) is 285 Å². The molecule has 0 amide bonds. The largest absolute Gasteiger partial charge is 0.311 e. The molecule has 0 radical (unpaired) electrons. The van der Waals surface area contributed by atoms with Gasteiger partial charge in [0.05, 0.1) is 33.4 Å². The molecular formula is C78H55BN4. The smallest absolute Gasteiger partial charge is 0.252 e. The molecule has 17 rings (SSSR count). The van der Waals surface area contributed by atoms with E-state index in [4.69, 9.17) is 0 Å². The standard InChI is InChI=1S/C78H55BN4/c1-78(2,3)54-46-73-75-74(47-54)83(68-35-19-15-29-58(68)51-24-8-5-9-25-51)72-49-56(81-70-37-21-17-33-62(70)64-43-39-53-27-11-13-31-60(53)77(64)81)41-45-66(72)79(75)65-44-40-55(48-71(65)82(73)67-34-18-14-28-57(67)50-22-6-4-7-23-50)80-69-36-20-16-32-61(69)63-42-38-52-26-10-12-30-59(52)76(63)80/h4-49H,1-3H3. The average molecular weight is 1060 g/mol. The van der Waals surface area contributed by atoms with Crippen molar-refractivity contribution in [2.24, 2.45) is 0 Å². The minimum Gasteiger partial charge on any atom is -0.311 e. The third-order valence-corrected chi connectivity index (χ3v) is 18.0. The highest BCUT2D eigenvalue weighted by molar-refractivity contribution is 7.00.